The number of amides is 2. The second-order valence-corrected chi connectivity index (χ2v) is 4.92. The number of rotatable bonds is 6. The molecule has 0 bridgehead atoms. The number of carboxylic acid groups (broad SMARTS) is 1. The number of carbonyl (C=O) groups is 3. The average Bonchev–Trinajstić information content (AvgIpc) is 2.09. The predicted octanol–water partition coefficient (Wildman–Crippen LogP) is -0.715. The Hall–Kier alpha value is -1.79. The maximum Gasteiger partial charge on any atom is 0.407 e. The summed E-state index contributed by atoms with van der Waals surface area (Å²) in [5, 5.41) is 12.9. The van der Waals surface area contributed by atoms with Gasteiger partial charge in [-0.25, -0.2) is 4.79 Å². The Labute approximate surface area is 106 Å². The van der Waals surface area contributed by atoms with E-state index in [4.69, 9.17) is 10.5 Å². The summed E-state index contributed by atoms with van der Waals surface area (Å²) < 4.78 is 4.98. The second-order valence-electron chi connectivity index (χ2n) is 4.92. The fraction of sp³-hybridized carbons (Fsp3) is 0.727. The Kier molecular flexibility index (Phi) is 6.15. The van der Waals surface area contributed by atoms with Crippen LogP contribution in [0.25, 0.3) is 0 Å². The summed E-state index contributed by atoms with van der Waals surface area (Å²) in [6.45, 7) is 5.05. The first-order valence-electron chi connectivity index (χ1n) is 5.58. The van der Waals surface area contributed by atoms with E-state index in [-0.39, 0.29) is 12.8 Å². The van der Waals surface area contributed by atoms with Crippen LogP contribution < -0.4 is 16.2 Å². The van der Waals surface area contributed by atoms with Crippen LogP contribution in [0.4, 0.5) is 4.79 Å². The molecule has 0 radical (unpaired) electrons. The van der Waals surface area contributed by atoms with Gasteiger partial charge in [0.2, 0.25) is 5.91 Å². The first-order valence-corrected chi connectivity index (χ1v) is 5.58. The second kappa shape index (κ2) is 6.83. The minimum absolute atomic E-state index is 0.0201. The Morgan fingerprint density at radius 3 is 2.28 bits per heavy atom. The van der Waals surface area contributed by atoms with Crippen molar-refractivity contribution in [1.82, 2.24) is 5.32 Å². The number of carboxylic acids is 1. The molecule has 0 rings (SSSR count). The summed E-state index contributed by atoms with van der Waals surface area (Å²) in [6, 6.07) is -0.739. The van der Waals surface area contributed by atoms with E-state index in [1.54, 1.807) is 20.8 Å². The molecule has 104 valence electrons. The van der Waals surface area contributed by atoms with Crippen LogP contribution in [0.1, 0.15) is 40.0 Å². The molecule has 0 saturated heterocycles. The molecule has 0 spiro atoms. The number of primary amides is 1. The van der Waals surface area contributed by atoms with E-state index in [1.807, 2.05) is 0 Å². The number of hydrogen-bond acceptors (Lipinski definition) is 5. The molecule has 0 heterocycles. The van der Waals surface area contributed by atoms with Gasteiger partial charge in [0.05, 0.1) is 0 Å². The highest BCUT2D eigenvalue weighted by Gasteiger charge is 2.19. The highest BCUT2D eigenvalue weighted by atomic mass is 16.6. The molecule has 2 amide bonds. The van der Waals surface area contributed by atoms with Crippen molar-refractivity contribution >= 4 is 18.0 Å². The van der Waals surface area contributed by atoms with Gasteiger partial charge in [-0.15, -0.1) is 0 Å². The summed E-state index contributed by atoms with van der Waals surface area (Å²) >= 11 is 0. The largest absolute Gasteiger partial charge is 0.550 e. The van der Waals surface area contributed by atoms with Gasteiger partial charge in [0.1, 0.15) is 5.60 Å². The van der Waals surface area contributed by atoms with Crippen molar-refractivity contribution in [3.63, 3.8) is 0 Å². The SMILES string of the molecule is CC(C)(C)OC(=O)N[C@@H](CCC(N)=O)CC(=O)[O-]. The molecular weight excluding hydrogens is 240 g/mol. The van der Waals surface area contributed by atoms with Gasteiger partial charge in [-0.2, -0.15) is 0 Å². The number of nitrogens with two attached hydrogens (primary N) is 1. The Bertz CT molecular complexity index is 322. The summed E-state index contributed by atoms with van der Waals surface area (Å²) in [4.78, 5) is 32.6. The maximum absolute atomic E-state index is 11.4. The number of hydrogen-bond donors (Lipinski definition) is 2. The third kappa shape index (κ3) is 9.44. The van der Waals surface area contributed by atoms with Crippen LogP contribution in [0, 0.1) is 0 Å². The van der Waals surface area contributed by atoms with E-state index >= 15 is 0 Å². The van der Waals surface area contributed by atoms with E-state index in [9.17, 15) is 19.5 Å². The number of aliphatic carboxylic acids is 1. The summed E-state index contributed by atoms with van der Waals surface area (Å²) in [5.41, 5.74) is 4.28. The maximum atomic E-state index is 11.4. The normalized spacial score (nSPS) is 12.6. The van der Waals surface area contributed by atoms with Crippen LogP contribution in [0.15, 0.2) is 0 Å². The van der Waals surface area contributed by atoms with Crippen LogP contribution in [-0.4, -0.2) is 29.6 Å². The fourth-order valence-corrected chi connectivity index (χ4v) is 1.22. The van der Waals surface area contributed by atoms with Gasteiger partial charge in [-0.05, 0) is 27.2 Å². The molecule has 0 aromatic carbocycles. The van der Waals surface area contributed by atoms with Crippen molar-refractivity contribution in [3.8, 4) is 0 Å². The lowest BCUT2D eigenvalue weighted by atomic mass is 10.1. The molecule has 0 aliphatic rings. The molecule has 0 saturated carbocycles. The number of carbonyl (C=O) groups excluding carboxylic acids is 3. The van der Waals surface area contributed by atoms with Gasteiger partial charge in [0.15, 0.2) is 0 Å². The van der Waals surface area contributed by atoms with Crippen LogP contribution in [0.3, 0.4) is 0 Å². The van der Waals surface area contributed by atoms with Crippen molar-refractivity contribution in [2.75, 3.05) is 0 Å². The quantitative estimate of drug-likeness (QED) is 0.652. The molecule has 0 fully saturated rings. The topological polar surface area (TPSA) is 122 Å². The molecule has 0 aromatic rings. The first-order chi connectivity index (χ1) is 8.10. The number of ether oxygens (including phenoxy) is 1. The lowest BCUT2D eigenvalue weighted by Crippen LogP contribution is -2.42. The monoisotopic (exact) mass is 259 g/mol. The van der Waals surface area contributed by atoms with Crippen molar-refractivity contribution in [1.29, 1.82) is 0 Å². The zero-order chi connectivity index (χ0) is 14.3. The molecule has 7 nitrogen and oxygen atoms in total. The molecule has 0 aliphatic heterocycles. The average molecular weight is 259 g/mol. The summed E-state index contributed by atoms with van der Waals surface area (Å²) in [7, 11) is 0. The Morgan fingerprint density at radius 2 is 1.89 bits per heavy atom. The summed E-state index contributed by atoms with van der Waals surface area (Å²) in [5.74, 6) is -1.88. The van der Waals surface area contributed by atoms with Gasteiger partial charge in [-0.3, -0.25) is 4.79 Å². The highest BCUT2D eigenvalue weighted by molar-refractivity contribution is 5.74. The standard InChI is InChI=1S/C11H20N2O5/c1-11(2,3)18-10(17)13-7(6-9(15)16)4-5-8(12)14/h7H,4-6H2,1-3H3,(H2,12,14)(H,13,17)(H,15,16)/p-1/t7-/m0/s1. The minimum atomic E-state index is -1.32. The van der Waals surface area contributed by atoms with Crippen LogP contribution in [0.2, 0.25) is 0 Å². The highest BCUT2D eigenvalue weighted by Crippen LogP contribution is 2.08. The van der Waals surface area contributed by atoms with Gasteiger partial charge in [0.25, 0.3) is 0 Å². The van der Waals surface area contributed by atoms with Crippen molar-refractivity contribution in [2.24, 2.45) is 5.73 Å². The summed E-state index contributed by atoms with van der Waals surface area (Å²) in [6.07, 6.45) is -1.03. The third-order valence-corrected chi connectivity index (χ3v) is 1.87. The van der Waals surface area contributed by atoms with E-state index in [0.717, 1.165) is 0 Å². The van der Waals surface area contributed by atoms with Gasteiger partial charge in [-0.1, -0.05) is 0 Å². The van der Waals surface area contributed by atoms with Crippen LogP contribution in [0.5, 0.6) is 0 Å². The van der Waals surface area contributed by atoms with E-state index in [2.05, 4.69) is 5.32 Å². The zero-order valence-electron chi connectivity index (χ0n) is 10.8. The van der Waals surface area contributed by atoms with Crippen LogP contribution >= 0.6 is 0 Å². The minimum Gasteiger partial charge on any atom is -0.550 e. The van der Waals surface area contributed by atoms with Crippen molar-refractivity contribution in [2.45, 2.75) is 51.7 Å². The molecule has 0 unspecified atom stereocenters. The third-order valence-electron chi connectivity index (χ3n) is 1.87. The predicted molar refractivity (Wildman–Crippen MR) is 61.2 cm³/mol. The lowest BCUT2D eigenvalue weighted by molar-refractivity contribution is -0.306. The smallest absolute Gasteiger partial charge is 0.407 e. The van der Waals surface area contributed by atoms with E-state index < -0.39 is 36.0 Å². The number of nitrogens with one attached hydrogen (secondary N) is 1. The molecular formula is C11H19N2O5-. The molecule has 0 aromatic heterocycles. The Balaban J connectivity index is 4.34. The molecule has 7 heteroatoms. The number of alkyl carbamates (subject to hydrolysis) is 1. The Morgan fingerprint density at radius 1 is 1.33 bits per heavy atom. The molecule has 0 aliphatic carbocycles. The fourth-order valence-electron chi connectivity index (χ4n) is 1.22. The van der Waals surface area contributed by atoms with Crippen LogP contribution in [-0.2, 0) is 14.3 Å². The van der Waals surface area contributed by atoms with E-state index in [0.29, 0.717) is 0 Å². The molecule has 3 N–H and O–H groups in total. The first kappa shape index (κ1) is 16.2. The van der Waals surface area contributed by atoms with E-state index in [1.165, 1.54) is 0 Å². The van der Waals surface area contributed by atoms with Gasteiger partial charge in [0, 0.05) is 24.9 Å². The van der Waals surface area contributed by atoms with Crippen molar-refractivity contribution < 1.29 is 24.2 Å². The van der Waals surface area contributed by atoms with Gasteiger partial charge >= 0.3 is 6.09 Å². The van der Waals surface area contributed by atoms with Gasteiger partial charge < -0.3 is 25.7 Å². The molecule has 1 atom stereocenters. The molecule has 18 heavy (non-hydrogen) atoms. The zero-order valence-corrected chi connectivity index (χ0v) is 10.8. The van der Waals surface area contributed by atoms with Crippen molar-refractivity contribution in [3.05, 3.63) is 0 Å². The lowest BCUT2D eigenvalue weighted by Gasteiger charge is -2.23.